The van der Waals surface area contributed by atoms with Crippen molar-refractivity contribution >= 4 is 22.9 Å². The Morgan fingerprint density at radius 1 is 0.872 bits per heavy atom. The highest BCUT2D eigenvalue weighted by atomic mass is 32.1. The number of aromatic nitrogens is 1. The number of carbonyl (C=O) groups is 1. The van der Waals surface area contributed by atoms with Crippen LogP contribution in [0.5, 0.6) is 0 Å². The molecular formula is C30H29F4N3OS. The predicted molar refractivity (Wildman–Crippen MR) is 146 cm³/mol. The molecule has 1 N–H and O–H groups in total. The molecule has 0 saturated heterocycles. The summed E-state index contributed by atoms with van der Waals surface area (Å²) in [6.45, 7) is 7.42. The van der Waals surface area contributed by atoms with E-state index in [9.17, 15) is 22.4 Å². The number of thiazole rings is 1. The molecule has 1 amide bonds. The minimum absolute atomic E-state index is 0.00320. The number of hydrogen-bond donors (Lipinski definition) is 1. The molecule has 4 aromatic rings. The van der Waals surface area contributed by atoms with Gasteiger partial charge in [0.05, 0.1) is 17.8 Å². The number of amides is 1. The third kappa shape index (κ3) is 7.74. The van der Waals surface area contributed by atoms with Gasteiger partial charge < -0.3 is 5.32 Å². The SMILES string of the molecule is CC(C)(C)c1ccc(CN(Cc2cccc(C(F)(F)F)c2)Cc2nc(C(=O)Nc3ccccc3F)cs2)cc1. The van der Waals surface area contributed by atoms with E-state index in [4.69, 9.17) is 0 Å². The zero-order valence-corrected chi connectivity index (χ0v) is 22.7. The van der Waals surface area contributed by atoms with Gasteiger partial charge in [-0.3, -0.25) is 9.69 Å². The molecule has 0 bridgehead atoms. The maximum Gasteiger partial charge on any atom is 0.416 e. The molecule has 9 heteroatoms. The Bertz CT molecular complexity index is 1430. The van der Waals surface area contributed by atoms with Gasteiger partial charge in [-0.25, -0.2) is 9.37 Å². The van der Waals surface area contributed by atoms with Gasteiger partial charge in [0.25, 0.3) is 5.91 Å². The normalized spacial score (nSPS) is 12.1. The van der Waals surface area contributed by atoms with Gasteiger partial charge in [-0.1, -0.05) is 75.4 Å². The van der Waals surface area contributed by atoms with E-state index >= 15 is 0 Å². The maximum absolute atomic E-state index is 13.9. The molecule has 0 radical (unpaired) electrons. The van der Waals surface area contributed by atoms with Crippen molar-refractivity contribution in [3.8, 4) is 0 Å². The minimum Gasteiger partial charge on any atom is -0.318 e. The number of alkyl halides is 3. The van der Waals surface area contributed by atoms with E-state index in [0.717, 1.165) is 17.7 Å². The van der Waals surface area contributed by atoms with Crippen molar-refractivity contribution in [3.63, 3.8) is 0 Å². The van der Waals surface area contributed by atoms with Gasteiger partial charge in [0.15, 0.2) is 0 Å². The maximum atomic E-state index is 13.9. The molecule has 1 heterocycles. The summed E-state index contributed by atoms with van der Waals surface area (Å²) >= 11 is 1.27. The monoisotopic (exact) mass is 555 g/mol. The van der Waals surface area contributed by atoms with Crippen molar-refractivity contribution < 1.29 is 22.4 Å². The van der Waals surface area contributed by atoms with E-state index in [1.807, 2.05) is 17.0 Å². The van der Waals surface area contributed by atoms with Crippen LogP contribution in [0.1, 0.15) is 58.5 Å². The Morgan fingerprint density at radius 3 is 2.23 bits per heavy atom. The summed E-state index contributed by atoms with van der Waals surface area (Å²) < 4.78 is 53.9. The largest absolute Gasteiger partial charge is 0.416 e. The topological polar surface area (TPSA) is 45.2 Å². The number of rotatable bonds is 8. The zero-order valence-electron chi connectivity index (χ0n) is 21.8. The van der Waals surface area contributed by atoms with Gasteiger partial charge >= 0.3 is 6.18 Å². The van der Waals surface area contributed by atoms with Crippen molar-refractivity contribution in [1.82, 2.24) is 9.88 Å². The van der Waals surface area contributed by atoms with Crippen LogP contribution in [-0.2, 0) is 31.2 Å². The average Bonchev–Trinajstić information content (AvgIpc) is 3.33. The number of carbonyl (C=O) groups excluding carboxylic acids is 1. The highest BCUT2D eigenvalue weighted by Crippen LogP contribution is 2.30. The number of nitrogens with one attached hydrogen (secondary N) is 1. The van der Waals surface area contributed by atoms with Crippen LogP contribution in [0.3, 0.4) is 0 Å². The third-order valence-electron chi connectivity index (χ3n) is 6.15. The lowest BCUT2D eigenvalue weighted by Crippen LogP contribution is -2.23. The summed E-state index contributed by atoms with van der Waals surface area (Å²) in [7, 11) is 0. The van der Waals surface area contributed by atoms with Crippen LogP contribution in [-0.4, -0.2) is 15.8 Å². The third-order valence-corrected chi connectivity index (χ3v) is 6.99. The molecule has 0 aliphatic carbocycles. The van der Waals surface area contributed by atoms with Gasteiger partial charge in [0.2, 0.25) is 0 Å². The predicted octanol–water partition coefficient (Wildman–Crippen LogP) is 8.05. The lowest BCUT2D eigenvalue weighted by atomic mass is 9.87. The van der Waals surface area contributed by atoms with E-state index in [1.165, 1.54) is 41.2 Å². The van der Waals surface area contributed by atoms with Crippen LogP contribution in [0, 0.1) is 5.82 Å². The molecule has 0 spiro atoms. The average molecular weight is 556 g/mol. The van der Waals surface area contributed by atoms with Gasteiger partial charge in [-0.2, -0.15) is 13.2 Å². The van der Waals surface area contributed by atoms with Crippen molar-refractivity contribution in [2.75, 3.05) is 5.32 Å². The Balaban J connectivity index is 1.54. The van der Waals surface area contributed by atoms with Crippen molar-refractivity contribution in [3.05, 3.63) is 117 Å². The number of anilines is 1. The van der Waals surface area contributed by atoms with Gasteiger partial charge in [-0.15, -0.1) is 11.3 Å². The Hall–Kier alpha value is -3.56. The summed E-state index contributed by atoms with van der Waals surface area (Å²) in [6, 6.07) is 19.3. The fourth-order valence-electron chi connectivity index (χ4n) is 4.07. The van der Waals surface area contributed by atoms with Crippen LogP contribution >= 0.6 is 11.3 Å². The van der Waals surface area contributed by atoms with Crippen LogP contribution in [0.2, 0.25) is 0 Å². The lowest BCUT2D eigenvalue weighted by Gasteiger charge is -2.23. The van der Waals surface area contributed by atoms with Crippen LogP contribution < -0.4 is 5.32 Å². The Kier molecular flexibility index (Phi) is 8.51. The van der Waals surface area contributed by atoms with Gasteiger partial charge in [-0.05, 0) is 40.3 Å². The highest BCUT2D eigenvalue weighted by molar-refractivity contribution is 7.09. The Morgan fingerprint density at radius 2 is 1.56 bits per heavy atom. The second-order valence-electron chi connectivity index (χ2n) is 10.4. The first kappa shape index (κ1) is 28.4. The van der Waals surface area contributed by atoms with Crippen LogP contribution in [0.25, 0.3) is 0 Å². The molecule has 4 nitrogen and oxygen atoms in total. The van der Waals surface area contributed by atoms with Gasteiger partial charge in [0.1, 0.15) is 16.5 Å². The molecular weight excluding hydrogens is 526 g/mol. The Labute approximate surface area is 229 Å². The number of halogens is 4. The van der Waals surface area contributed by atoms with E-state index in [1.54, 1.807) is 17.5 Å². The molecule has 0 unspecified atom stereocenters. The second-order valence-corrected chi connectivity index (χ2v) is 11.3. The summed E-state index contributed by atoms with van der Waals surface area (Å²) in [4.78, 5) is 19.0. The first-order chi connectivity index (χ1) is 18.4. The lowest BCUT2D eigenvalue weighted by molar-refractivity contribution is -0.137. The molecule has 204 valence electrons. The van der Waals surface area contributed by atoms with E-state index in [2.05, 4.69) is 43.2 Å². The first-order valence-corrected chi connectivity index (χ1v) is 13.2. The van der Waals surface area contributed by atoms with E-state index in [-0.39, 0.29) is 23.3 Å². The van der Waals surface area contributed by atoms with E-state index in [0.29, 0.717) is 23.7 Å². The number of nitrogens with zero attached hydrogens (tertiary/aromatic N) is 2. The summed E-state index contributed by atoms with van der Waals surface area (Å²) in [5, 5.41) is 4.73. The number of benzene rings is 3. The van der Waals surface area contributed by atoms with Crippen molar-refractivity contribution in [2.45, 2.75) is 52.0 Å². The summed E-state index contributed by atoms with van der Waals surface area (Å²) in [5.74, 6) is -1.09. The molecule has 0 aliphatic heterocycles. The molecule has 4 rings (SSSR count). The van der Waals surface area contributed by atoms with Crippen molar-refractivity contribution in [1.29, 1.82) is 0 Å². The van der Waals surface area contributed by atoms with Crippen molar-refractivity contribution in [2.24, 2.45) is 0 Å². The fraction of sp³-hybridized carbons (Fsp3) is 0.267. The fourth-order valence-corrected chi connectivity index (χ4v) is 4.88. The molecule has 0 fully saturated rings. The summed E-state index contributed by atoms with van der Waals surface area (Å²) in [5.41, 5.74) is 2.21. The number of hydrogen-bond acceptors (Lipinski definition) is 4. The molecule has 0 saturated carbocycles. The second kappa shape index (κ2) is 11.7. The highest BCUT2D eigenvalue weighted by Gasteiger charge is 2.30. The van der Waals surface area contributed by atoms with Crippen LogP contribution in [0.15, 0.2) is 78.2 Å². The number of para-hydroxylation sites is 1. The van der Waals surface area contributed by atoms with Crippen LogP contribution in [0.4, 0.5) is 23.2 Å². The van der Waals surface area contributed by atoms with Gasteiger partial charge in [0, 0.05) is 18.5 Å². The standard InChI is InChI=1S/C30H29F4N3OS/c1-29(2,3)22-13-11-20(12-14-22)16-37(17-21-7-6-8-23(15-21)30(32,33)34)18-27-35-26(19-39-27)28(38)36-25-10-5-4-9-24(25)31/h4-15,19H,16-18H2,1-3H3,(H,36,38). The molecule has 0 aliphatic rings. The zero-order chi connectivity index (χ0) is 28.2. The molecule has 3 aromatic carbocycles. The first-order valence-electron chi connectivity index (χ1n) is 12.4. The van der Waals surface area contributed by atoms with E-state index < -0.39 is 23.5 Å². The minimum atomic E-state index is -4.43. The quantitative estimate of drug-likeness (QED) is 0.224. The molecule has 39 heavy (non-hydrogen) atoms. The summed E-state index contributed by atoms with van der Waals surface area (Å²) in [6.07, 6.45) is -4.43. The molecule has 1 aromatic heterocycles. The molecule has 0 atom stereocenters. The smallest absolute Gasteiger partial charge is 0.318 e.